The Bertz CT molecular complexity index is 645. The first kappa shape index (κ1) is 17.5. The van der Waals surface area contributed by atoms with Gasteiger partial charge in [-0.2, -0.15) is 11.8 Å². The van der Waals surface area contributed by atoms with Crippen molar-refractivity contribution in [1.82, 2.24) is 9.80 Å². The molecule has 0 aliphatic carbocycles. The number of nitrogens with zero attached hydrogens (tertiary/aromatic N) is 2. The van der Waals surface area contributed by atoms with Crippen molar-refractivity contribution < 1.29 is 22.8 Å². The van der Waals surface area contributed by atoms with Crippen LogP contribution < -0.4 is 0 Å². The van der Waals surface area contributed by atoms with Crippen molar-refractivity contribution in [3.63, 3.8) is 0 Å². The Morgan fingerprint density at radius 3 is 2.29 bits per heavy atom. The molecule has 0 bridgehead atoms. The smallest absolute Gasteiger partial charge is 0.255 e. The van der Waals surface area contributed by atoms with Gasteiger partial charge in [-0.05, 0) is 12.1 Å². The van der Waals surface area contributed by atoms with Gasteiger partial charge >= 0.3 is 0 Å². The van der Waals surface area contributed by atoms with E-state index in [4.69, 9.17) is 0 Å². The Morgan fingerprint density at radius 2 is 1.67 bits per heavy atom. The second-order valence-electron chi connectivity index (χ2n) is 5.48. The molecule has 0 spiro atoms. The SMILES string of the molecule is O=C(C1CSCN1C(=O)c1cc(F)c(F)c(F)c1)N1CCSCC1. The van der Waals surface area contributed by atoms with Crippen molar-refractivity contribution in [1.29, 1.82) is 0 Å². The van der Waals surface area contributed by atoms with Gasteiger partial charge in [0.1, 0.15) is 6.04 Å². The molecule has 0 N–H and O–H groups in total. The summed E-state index contributed by atoms with van der Waals surface area (Å²) in [5, 5.41) is 0. The highest BCUT2D eigenvalue weighted by Crippen LogP contribution is 2.26. The van der Waals surface area contributed by atoms with E-state index in [-0.39, 0.29) is 17.3 Å². The van der Waals surface area contributed by atoms with Gasteiger partial charge in [0.15, 0.2) is 17.5 Å². The number of benzene rings is 1. The Morgan fingerprint density at radius 1 is 1.04 bits per heavy atom. The quantitative estimate of drug-likeness (QED) is 0.742. The van der Waals surface area contributed by atoms with Crippen molar-refractivity contribution in [3.8, 4) is 0 Å². The number of carbonyl (C=O) groups excluding carboxylic acids is 2. The van der Waals surface area contributed by atoms with Crippen LogP contribution in [0.15, 0.2) is 12.1 Å². The maximum atomic E-state index is 13.4. The monoisotopic (exact) mass is 376 g/mol. The Kier molecular flexibility index (Phi) is 5.29. The summed E-state index contributed by atoms with van der Waals surface area (Å²) in [7, 11) is 0. The summed E-state index contributed by atoms with van der Waals surface area (Å²) >= 11 is 3.18. The molecule has 2 aliphatic heterocycles. The Labute approximate surface area is 145 Å². The zero-order chi connectivity index (χ0) is 17.3. The molecule has 1 atom stereocenters. The van der Waals surface area contributed by atoms with Crippen LogP contribution in [-0.4, -0.2) is 63.9 Å². The van der Waals surface area contributed by atoms with Crippen LogP contribution in [0.4, 0.5) is 13.2 Å². The maximum Gasteiger partial charge on any atom is 0.255 e. The first-order chi connectivity index (χ1) is 11.5. The summed E-state index contributed by atoms with van der Waals surface area (Å²) in [5.41, 5.74) is -0.291. The fourth-order valence-corrected chi connectivity index (χ4v) is 4.73. The average molecular weight is 376 g/mol. The van der Waals surface area contributed by atoms with Crippen molar-refractivity contribution >= 4 is 35.3 Å². The van der Waals surface area contributed by atoms with Gasteiger partial charge in [-0.25, -0.2) is 13.2 Å². The summed E-state index contributed by atoms with van der Waals surface area (Å²) in [4.78, 5) is 28.2. The van der Waals surface area contributed by atoms with E-state index in [2.05, 4.69) is 0 Å². The topological polar surface area (TPSA) is 40.6 Å². The Hall–Kier alpha value is -1.35. The summed E-state index contributed by atoms with van der Waals surface area (Å²) in [6, 6.07) is 0.688. The van der Waals surface area contributed by atoms with Crippen LogP contribution in [0.1, 0.15) is 10.4 Å². The summed E-state index contributed by atoms with van der Waals surface area (Å²) in [5.74, 6) is -2.83. The number of amides is 2. The molecule has 2 amide bonds. The third-order valence-corrected chi connectivity index (χ3v) is 5.94. The number of halogens is 3. The lowest BCUT2D eigenvalue weighted by molar-refractivity contribution is -0.134. The van der Waals surface area contributed by atoms with E-state index >= 15 is 0 Å². The molecule has 1 unspecified atom stereocenters. The minimum atomic E-state index is -1.61. The number of carbonyl (C=O) groups is 2. The predicted octanol–water partition coefficient (Wildman–Crippen LogP) is 2.19. The first-order valence-corrected chi connectivity index (χ1v) is 9.70. The molecular formula is C15H15F3N2O2S2. The lowest BCUT2D eigenvalue weighted by Gasteiger charge is -2.32. The third kappa shape index (κ3) is 3.37. The second kappa shape index (κ2) is 7.26. The van der Waals surface area contributed by atoms with Crippen LogP contribution in [0.3, 0.4) is 0 Å². The zero-order valence-electron chi connectivity index (χ0n) is 12.6. The average Bonchev–Trinajstić information content (AvgIpc) is 3.08. The van der Waals surface area contributed by atoms with E-state index in [0.29, 0.717) is 31.0 Å². The van der Waals surface area contributed by atoms with E-state index in [1.165, 1.54) is 16.7 Å². The van der Waals surface area contributed by atoms with Gasteiger partial charge in [0, 0.05) is 35.9 Å². The molecular weight excluding hydrogens is 361 g/mol. The highest BCUT2D eigenvalue weighted by Gasteiger charge is 2.38. The standard InChI is InChI=1S/C15H15F3N2O2S2/c16-10-5-9(6-11(17)13(10)18)14(21)20-8-24-7-12(20)15(22)19-1-3-23-4-2-19/h5-6,12H,1-4,7-8H2. The zero-order valence-corrected chi connectivity index (χ0v) is 14.3. The van der Waals surface area contributed by atoms with Crippen molar-refractivity contribution in [2.45, 2.75) is 6.04 Å². The first-order valence-electron chi connectivity index (χ1n) is 7.39. The fraction of sp³-hybridized carbons (Fsp3) is 0.467. The van der Waals surface area contributed by atoms with Gasteiger partial charge in [-0.1, -0.05) is 0 Å². The van der Waals surface area contributed by atoms with E-state index in [9.17, 15) is 22.8 Å². The highest BCUT2D eigenvalue weighted by molar-refractivity contribution is 7.99. The summed E-state index contributed by atoms with van der Waals surface area (Å²) < 4.78 is 39.8. The molecule has 2 heterocycles. The summed E-state index contributed by atoms with van der Waals surface area (Å²) in [6.45, 7) is 1.26. The van der Waals surface area contributed by atoms with E-state index in [1.807, 2.05) is 0 Å². The fourth-order valence-electron chi connectivity index (χ4n) is 2.69. The minimum Gasteiger partial charge on any atom is -0.339 e. The summed E-state index contributed by atoms with van der Waals surface area (Å²) in [6.07, 6.45) is 0. The normalized spacial score (nSPS) is 21.2. The second-order valence-corrected chi connectivity index (χ2v) is 7.71. The number of thioether (sulfide) groups is 2. The maximum absolute atomic E-state index is 13.4. The highest BCUT2D eigenvalue weighted by atomic mass is 32.2. The molecule has 1 aromatic carbocycles. The number of hydrogen-bond donors (Lipinski definition) is 0. The van der Waals surface area contributed by atoms with Crippen LogP contribution in [0.5, 0.6) is 0 Å². The Balaban J connectivity index is 1.79. The third-order valence-electron chi connectivity index (χ3n) is 3.98. The van der Waals surface area contributed by atoms with E-state index in [1.54, 1.807) is 16.7 Å². The van der Waals surface area contributed by atoms with Crippen LogP contribution in [0.2, 0.25) is 0 Å². The molecule has 0 radical (unpaired) electrons. The predicted molar refractivity (Wildman–Crippen MR) is 87.5 cm³/mol. The van der Waals surface area contributed by atoms with Crippen molar-refractivity contribution in [2.24, 2.45) is 0 Å². The molecule has 1 aromatic rings. The van der Waals surface area contributed by atoms with Gasteiger partial charge in [0.25, 0.3) is 5.91 Å². The van der Waals surface area contributed by atoms with Crippen molar-refractivity contribution in [3.05, 3.63) is 35.1 Å². The molecule has 24 heavy (non-hydrogen) atoms. The molecule has 3 rings (SSSR count). The molecule has 4 nitrogen and oxygen atoms in total. The minimum absolute atomic E-state index is 0.142. The van der Waals surface area contributed by atoms with E-state index < -0.39 is 29.4 Å². The van der Waals surface area contributed by atoms with Gasteiger partial charge in [-0.15, -0.1) is 11.8 Å². The van der Waals surface area contributed by atoms with Gasteiger partial charge < -0.3 is 9.80 Å². The molecule has 130 valence electrons. The van der Waals surface area contributed by atoms with Crippen LogP contribution in [-0.2, 0) is 4.79 Å². The van der Waals surface area contributed by atoms with Crippen LogP contribution in [0, 0.1) is 17.5 Å². The van der Waals surface area contributed by atoms with Crippen LogP contribution in [0.25, 0.3) is 0 Å². The van der Waals surface area contributed by atoms with Gasteiger partial charge in [0.2, 0.25) is 5.91 Å². The molecule has 0 aromatic heterocycles. The lowest BCUT2D eigenvalue weighted by Crippen LogP contribution is -2.51. The number of rotatable bonds is 2. The lowest BCUT2D eigenvalue weighted by atomic mass is 10.1. The van der Waals surface area contributed by atoms with Crippen molar-refractivity contribution in [2.75, 3.05) is 36.2 Å². The molecule has 2 aliphatic rings. The largest absolute Gasteiger partial charge is 0.339 e. The molecule has 2 saturated heterocycles. The molecule has 0 saturated carbocycles. The van der Waals surface area contributed by atoms with E-state index in [0.717, 1.165) is 11.5 Å². The van der Waals surface area contributed by atoms with Crippen LogP contribution >= 0.6 is 23.5 Å². The molecule has 9 heteroatoms. The van der Waals surface area contributed by atoms with Gasteiger partial charge in [-0.3, -0.25) is 9.59 Å². The number of hydrogen-bond acceptors (Lipinski definition) is 4. The van der Waals surface area contributed by atoms with Gasteiger partial charge in [0.05, 0.1) is 5.88 Å². The molecule has 2 fully saturated rings.